The Kier molecular flexibility index (Phi) is 2.78. The van der Waals surface area contributed by atoms with Gasteiger partial charge in [-0.25, -0.2) is 14.4 Å². The number of hydrogen-bond acceptors (Lipinski definition) is 3. The predicted octanol–water partition coefficient (Wildman–Crippen LogP) is 3.06. The van der Waals surface area contributed by atoms with Crippen LogP contribution in [0.25, 0.3) is 0 Å². The second-order valence-electron chi connectivity index (χ2n) is 2.71. The van der Waals surface area contributed by atoms with Gasteiger partial charge in [0, 0.05) is 18.5 Å². The Morgan fingerprint density at radius 3 is 2.60 bits per heavy atom. The van der Waals surface area contributed by atoms with Gasteiger partial charge in [-0.15, -0.1) is 0 Å². The average molecular weight is 225 g/mol. The number of ether oxygens (including phenoxy) is 1. The Bertz CT molecular complexity index is 464. The molecule has 0 saturated carbocycles. The van der Waals surface area contributed by atoms with E-state index in [1.54, 1.807) is 18.5 Å². The quantitative estimate of drug-likeness (QED) is 0.786. The van der Waals surface area contributed by atoms with Gasteiger partial charge in [0.25, 0.3) is 0 Å². The van der Waals surface area contributed by atoms with E-state index in [1.165, 1.54) is 18.2 Å². The third-order valence-corrected chi connectivity index (χ3v) is 1.93. The summed E-state index contributed by atoms with van der Waals surface area (Å²) in [5, 5.41) is 0.00318. The molecule has 0 aliphatic heterocycles. The van der Waals surface area contributed by atoms with Crippen LogP contribution in [-0.2, 0) is 0 Å². The molecule has 1 aromatic heterocycles. The zero-order chi connectivity index (χ0) is 10.7. The maximum atomic E-state index is 12.8. The molecular formula is C10H6ClFN2O. The number of halogens is 2. The van der Waals surface area contributed by atoms with Crippen LogP contribution in [0.5, 0.6) is 11.8 Å². The predicted molar refractivity (Wildman–Crippen MR) is 53.5 cm³/mol. The molecule has 0 aliphatic carbocycles. The maximum Gasteiger partial charge on any atom is 0.321 e. The van der Waals surface area contributed by atoms with E-state index >= 15 is 0 Å². The highest BCUT2D eigenvalue weighted by atomic mass is 35.5. The van der Waals surface area contributed by atoms with Gasteiger partial charge in [-0.3, -0.25) is 0 Å². The van der Waals surface area contributed by atoms with Crippen LogP contribution in [0.4, 0.5) is 4.39 Å². The molecule has 0 spiro atoms. The van der Waals surface area contributed by atoms with Gasteiger partial charge in [-0.05, 0) is 18.2 Å². The Hall–Kier alpha value is -1.68. The van der Waals surface area contributed by atoms with Crippen LogP contribution >= 0.6 is 11.6 Å². The molecular weight excluding hydrogens is 219 g/mol. The van der Waals surface area contributed by atoms with Crippen molar-refractivity contribution in [1.29, 1.82) is 0 Å². The second kappa shape index (κ2) is 4.23. The SMILES string of the molecule is Fc1ccc(Oc2ncccn2)cc1Cl. The lowest BCUT2D eigenvalue weighted by Crippen LogP contribution is -1.90. The summed E-state index contributed by atoms with van der Waals surface area (Å²) in [7, 11) is 0. The summed E-state index contributed by atoms with van der Waals surface area (Å²) in [6.07, 6.45) is 3.10. The van der Waals surface area contributed by atoms with E-state index in [0.717, 1.165) is 0 Å². The molecule has 0 atom stereocenters. The molecule has 0 N–H and O–H groups in total. The topological polar surface area (TPSA) is 35.0 Å². The Morgan fingerprint density at radius 2 is 1.93 bits per heavy atom. The summed E-state index contributed by atoms with van der Waals surface area (Å²) in [5.74, 6) is -0.0920. The molecule has 5 heteroatoms. The van der Waals surface area contributed by atoms with Crippen molar-refractivity contribution in [2.45, 2.75) is 0 Å². The first-order chi connectivity index (χ1) is 7.25. The molecule has 1 aromatic carbocycles. The highest BCUT2D eigenvalue weighted by Gasteiger charge is 2.03. The lowest BCUT2D eigenvalue weighted by molar-refractivity contribution is 0.440. The van der Waals surface area contributed by atoms with Crippen LogP contribution in [0.2, 0.25) is 5.02 Å². The van der Waals surface area contributed by atoms with Crippen molar-refractivity contribution in [1.82, 2.24) is 9.97 Å². The van der Waals surface area contributed by atoms with Crippen LogP contribution in [0.3, 0.4) is 0 Å². The van der Waals surface area contributed by atoms with Crippen molar-refractivity contribution in [3.8, 4) is 11.8 Å². The van der Waals surface area contributed by atoms with Crippen LogP contribution in [-0.4, -0.2) is 9.97 Å². The van der Waals surface area contributed by atoms with Gasteiger partial charge in [-0.1, -0.05) is 11.6 Å². The molecule has 76 valence electrons. The van der Waals surface area contributed by atoms with E-state index in [9.17, 15) is 4.39 Å². The lowest BCUT2D eigenvalue weighted by Gasteiger charge is -2.03. The highest BCUT2D eigenvalue weighted by Crippen LogP contribution is 2.23. The van der Waals surface area contributed by atoms with Crippen molar-refractivity contribution in [2.24, 2.45) is 0 Å². The minimum atomic E-state index is -0.488. The monoisotopic (exact) mass is 224 g/mol. The van der Waals surface area contributed by atoms with E-state index in [4.69, 9.17) is 16.3 Å². The lowest BCUT2D eigenvalue weighted by atomic mass is 10.3. The van der Waals surface area contributed by atoms with E-state index in [-0.39, 0.29) is 11.0 Å². The summed E-state index contributed by atoms with van der Waals surface area (Å²) in [6, 6.07) is 5.91. The van der Waals surface area contributed by atoms with Crippen LogP contribution in [0.15, 0.2) is 36.7 Å². The van der Waals surface area contributed by atoms with E-state index < -0.39 is 5.82 Å². The molecule has 0 radical (unpaired) electrons. The zero-order valence-electron chi connectivity index (χ0n) is 7.52. The van der Waals surface area contributed by atoms with Gasteiger partial charge in [0.15, 0.2) is 0 Å². The number of nitrogens with zero attached hydrogens (tertiary/aromatic N) is 2. The number of aromatic nitrogens is 2. The van der Waals surface area contributed by atoms with Gasteiger partial charge in [-0.2, -0.15) is 0 Å². The molecule has 0 amide bonds. The first kappa shape index (κ1) is 9.86. The third kappa shape index (κ3) is 2.41. The minimum absolute atomic E-state index is 0.00318. The van der Waals surface area contributed by atoms with Gasteiger partial charge in [0.1, 0.15) is 11.6 Å². The molecule has 0 aliphatic rings. The second-order valence-corrected chi connectivity index (χ2v) is 3.12. The van der Waals surface area contributed by atoms with Crippen molar-refractivity contribution in [2.75, 3.05) is 0 Å². The first-order valence-electron chi connectivity index (χ1n) is 4.15. The number of rotatable bonds is 2. The summed E-state index contributed by atoms with van der Waals surface area (Å²) >= 11 is 5.58. The summed E-state index contributed by atoms with van der Waals surface area (Å²) in [6.45, 7) is 0. The van der Waals surface area contributed by atoms with Gasteiger partial charge >= 0.3 is 6.01 Å². The molecule has 1 heterocycles. The van der Waals surface area contributed by atoms with Crippen molar-refractivity contribution in [3.63, 3.8) is 0 Å². The summed E-state index contributed by atoms with van der Waals surface area (Å²) in [5.41, 5.74) is 0. The fourth-order valence-electron chi connectivity index (χ4n) is 0.984. The van der Waals surface area contributed by atoms with E-state index in [1.807, 2.05) is 0 Å². The smallest absolute Gasteiger partial charge is 0.321 e. The maximum absolute atomic E-state index is 12.8. The van der Waals surface area contributed by atoms with Crippen LogP contribution < -0.4 is 4.74 Å². The highest BCUT2D eigenvalue weighted by molar-refractivity contribution is 6.30. The van der Waals surface area contributed by atoms with Crippen molar-refractivity contribution < 1.29 is 9.13 Å². The molecule has 0 unspecified atom stereocenters. The Balaban J connectivity index is 2.22. The van der Waals surface area contributed by atoms with Crippen molar-refractivity contribution in [3.05, 3.63) is 47.5 Å². The first-order valence-corrected chi connectivity index (χ1v) is 4.53. The number of hydrogen-bond donors (Lipinski definition) is 0. The van der Waals surface area contributed by atoms with Crippen LogP contribution in [0, 0.1) is 5.82 Å². The number of benzene rings is 1. The zero-order valence-corrected chi connectivity index (χ0v) is 8.28. The summed E-state index contributed by atoms with van der Waals surface area (Å²) < 4.78 is 18.1. The standard InChI is InChI=1S/C10H6ClFN2O/c11-8-6-7(2-3-9(8)12)15-10-13-4-1-5-14-10/h1-6H. The largest absolute Gasteiger partial charge is 0.424 e. The fourth-order valence-corrected chi connectivity index (χ4v) is 1.15. The molecule has 2 aromatic rings. The van der Waals surface area contributed by atoms with Crippen LogP contribution in [0.1, 0.15) is 0 Å². The van der Waals surface area contributed by atoms with Gasteiger partial charge in [0.05, 0.1) is 5.02 Å². The molecule has 15 heavy (non-hydrogen) atoms. The minimum Gasteiger partial charge on any atom is -0.424 e. The average Bonchev–Trinajstić information content (AvgIpc) is 2.25. The summed E-state index contributed by atoms with van der Waals surface area (Å²) in [4.78, 5) is 7.71. The normalized spacial score (nSPS) is 10.0. The van der Waals surface area contributed by atoms with E-state index in [2.05, 4.69) is 9.97 Å². The fraction of sp³-hybridized carbons (Fsp3) is 0. The molecule has 0 saturated heterocycles. The Labute approximate surface area is 90.5 Å². The molecule has 3 nitrogen and oxygen atoms in total. The molecule has 2 rings (SSSR count). The van der Waals surface area contributed by atoms with E-state index in [0.29, 0.717) is 5.75 Å². The van der Waals surface area contributed by atoms with Gasteiger partial charge in [0.2, 0.25) is 0 Å². The Morgan fingerprint density at radius 1 is 1.20 bits per heavy atom. The third-order valence-electron chi connectivity index (χ3n) is 1.64. The van der Waals surface area contributed by atoms with Crippen molar-refractivity contribution >= 4 is 11.6 Å². The molecule has 0 fully saturated rings. The van der Waals surface area contributed by atoms with Gasteiger partial charge < -0.3 is 4.74 Å². The molecule has 0 bridgehead atoms.